The maximum atomic E-state index is 14.0. The number of ether oxygens (including phenoxy) is 1. The van der Waals surface area contributed by atoms with Gasteiger partial charge in [-0.2, -0.15) is 5.26 Å². The van der Waals surface area contributed by atoms with Crippen LogP contribution in [0.4, 0.5) is 0 Å². The minimum atomic E-state index is -3.63. The Morgan fingerprint density at radius 2 is 1.81 bits per heavy atom. The fourth-order valence-corrected chi connectivity index (χ4v) is 8.62. The molecule has 2 aromatic rings. The van der Waals surface area contributed by atoms with E-state index in [0.29, 0.717) is 17.7 Å². The fraction of sp³-hybridized carbons (Fsp3) is 0.519. The predicted molar refractivity (Wildman–Crippen MR) is 127 cm³/mol. The lowest BCUT2D eigenvalue weighted by Gasteiger charge is -2.55. The zero-order valence-corrected chi connectivity index (χ0v) is 20.5. The Bertz CT molecular complexity index is 1160. The number of nitrogens with zero attached hydrogens (tertiary/aromatic N) is 1. The number of sulfone groups is 1. The molecule has 0 aromatic heterocycles. The van der Waals surface area contributed by atoms with E-state index >= 15 is 0 Å². The average Bonchev–Trinajstić information content (AvgIpc) is 2.77. The fourth-order valence-electron chi connectivity index (χ4n) is 6.37. The molecule has 1 fully saturated rings. The predicted octanol–water partition coefficient (Wildman–Crippen LogP) is 5.80. The summed E-state index contributed by atoms with van der Waals surface area (Å²) in [6.07, 6.45) is 2.92. The summed E-state index contributed by atoms with van der Waals surface area (Å²) in [4.78, 5) is 0.347. The van der Waals surface area contributed by atoms with Crippen LogP contribution in [0.2, 0.25) is 0 Å². The highest BCUT2D eigenvalue weighted by Gasteiger charge is 2.60. The van der Waals surface area contributed by atoms with Crippen LogP contribution in [0.15, 0.2) is 47.4 Å². The van der Waals surface area contributed by atoms with Gasteiger partial charge in [0.1, 0.15) is 5.75 Å². The van der Waals surface area contributed by atoms with E-state index in [-0.39, 0.29) is 17.3 Å². The van der Waals surface area contributed by atoms with Crippen molar-refractivity contribution in [2.75, 3.05) is 7.11 Å². The second-order valence-electron chi connectivity index (χ2n) is 10.4. The van der Waals surface area contributed by atoms with E-state index in [1.807, 2.05) is 12.1 Å². The van der Waals surface area contributed by atoms with Crippen molar-refractivity contribution in [3.63, 3.8) is 0 Å². The van der Waals surface area contributed by atoms with E-state index in [4.69, 9.17) is 4.74 Å². The molecule has 0 heterocycles. The molecule has 0 bridgehead atoms. The maximum Gasteiger partial charge on any atom is 0.181 e. The molecule has 0 unspecified atom stereocenters. The summed E-state index contributed by atoms with van der Waals surface area (Å²) in [7, 11) is -1.96. The van der Waals surface area contributed by atoms with E-state index in [2.05, 4.69) is 39.8 Å². The molecule has 2 aromatic carbocycles. The largest absolute Gasteiger partial charge is 0.496 e. The van der Waals surface area contributed by atoms with Crippen LogP contribution >= 0.6 is 0 Å². The van der Waals surface area contributed by atoms with Crippen molar-refractivity contribution in [2.45, 2.75) is 74.9 Å². The molecule has 0 saturated heterocycles. The smallest absolute Gasteiger partial charge is 0.181 e. The van der Waals surface area contributed by atoms with E-state index < -0.39 is 20.5 Å². The van der Waals surface area contributed by atoms with Gasteiger partial charge in [0.05, 0.1) is 28.7 Å². The first-order valence-corrected chi connectivity index (χ1v) is 13.0. The van der Waals surface area contributed by atoms with Crippen molar-refractivity contribution in [3.05, 3.63) is 59.2 Å². The van der Waals surface area contributed by atoms with Gasteiger partial charge in [-0.25, -0.2) is 8.42 Å². The Balaban J connectivity index is 2.01. The van der Waals surface area contributed by atoms with Crippen LogP contribution < -0.4 is 4.74 Å². The zero-order valence-electron chi connectivity index (χ0n) is 19.7. The van der Waals surface area contributed by atoms with Crippen molar-refractivity contribution in [3.8, 4) is 11.8 Å². The van der Waals surface area contributed by atoms with Gasteiger partial charge in [0.25, 0.3) is 0 Å². The van der Waals surface area contributed by atoms with Crippen LogP contribution in [-0.4, -0.2) is 20.8 Å². The number of rotatable bonds is 4. The first-order chi connectivity index (χ1) is 15.1. The van der Waals surface area contributed by atoms with Crippen LogP contribution in [0.3, 0.4) is 0 Å². The molecule has 2 aliphatic carbocycles. The highest BCUT2D eigenvalue weighted by atomic mass is 32.2. The third kappa shape index (κ3) is 3.35. The van der Waals surface area contributed by atoms with Crippen molar-refractivity contribution in [2.24, 2.45) is 11.3 Å². The van der Waals surface area contributed by atoms with E-state index in [0.717, 1.165) is 35.3 Å². The lowest BCUT2D eigenvalue weighted by molar-refractivity contribution is 0.0637. The van der Waals surface area contributed by atoms with Crippen molar-refractivity contribution < 1.29 is 13.2 Å². The van der Waals surface area contributed by atoms with Gasteiger partial charge in [-0.05, 0) is 65.5 Å². The summed E-state index contributed by atoms with van der Waals surface area (Å²) in [5, 5.41) is 10.0. The third-order valence-corrected chi connectivity index (χ3v) is 9.95. The molecule has 170 valence electrons. The zero-order chi connectivity index (χ0) is 23.3. The Labute approximate surface area is 192 Å². The van der Waals surface area contributed by atoms with Crippen LogP contribution in [0, 0.1) is 22.7 Å². The van der Waals surface area contributed by atoms with Gasteiger partial charge in [0.15, 0.2) is 9.84 Å². The second-order valence-corrected chi connectivity index (χ2v) is 12.6. The van der Waals surface area contributed by atoms with Gasteiger partial charge in [-0.15, -0.1) is 0 Å². The summed E-state index contributed by atoms with van der Waals surface area (Å²) >= 11 is 0. The van der Waals surface area contributed by atoms with Crippen LogP contribution in [-0.2, 0) is 21.7 Å². The lowest BCUT2D eigenvalue weighted by atomic mass is 9.50. The number of hydrogen-bond acceptors (Lipinski definition) is 4. The van der Waals surface area contributed by atoms with Gasteiger partial charge in [0, 0.05) is 5.92 Å². The van der Waals surface area contributed by atoms with Crippen LogP contribution in [0.1, 0.15) is 69.6 Å². The van der Waals surface area contributed by atoms with Crippen molar-refractivity contribution >= 4 is 9.84 Å². The monoisotopic (exact) mass is 451 g/mol. The average molecular weight is 452 g/mol. The molecule has 32 heavy (non-hydrogen) atoms. The molecule has 0 radical (unpaired) electrons. The maximum absolute atomic E-state index is 14.0. The van der Waals surface area contributed by atoms with Gasteiger partial charge in [-0.1, -0.05) is 58.4 Å². The number of benzene rings is 2. The minimum absolute atomic E-state index is 0.234. The molecule has 0 N–H and O–H groups in total. The van der Waals surface area contributed by atoms with Crippen molar-refractivity contribution in [1.82, 2.24) is 0 Å². The second kappa shape index (κ2) is 7.92. The first kappa shape index (κ1) is 22.9. The Hall–Kier alpha value is -2.32. The molecule has 3 atom stereocenters. The Kier molecular flexibility index (Phi) is 5.66. The molecule has 4 rings (SSSR count). The summed E-state index contributed by atoms with van der Waals surface area (Å²) in [6.45, 7) is 8.50. The van der Waals surface area contributed by atoms with E-state index in [9.17, 15) is 13.7 Å². The van der Waals surface area contributed by atoms with Crippen LogP contribution in [0.5, 0.6) is 5.75 Å². The number of fused-ring (bicyclic) bond motifs is 3. The van der Waals surface area contributed by atoms with Gasteiger partial charge in [0.2, 0.25) is 0 Å². The highest BCUT2D eigenvalue weighted by Crippen LogP contribution is 2.59. The van der Waals surface area contributed by atoms with Crippen LogP contribution in [0.25, 0.3) is 0 Å². The number of methoxy groups -OCH3 is 1. The Morgan fingerprint density at radius 3 is 2.41 bits per heavy atom. The quantitative estimate of drug-likeness (QED) is 0.589. The van der Waals surface area contributed by atoms with Gasteiger partial charge >= 0.3 is 0 Å². The summed E-state index contributed by atoms with van der Waals surface area (Å²) < 4.78 is 33.7. The highest BCUT2D eigenvalue weighted by molar-refractivity contribution is 7.92. The normalized spacial score (nSPS) is 26.7. The molecular formula is C27H33NO3S. The molecule has 0 amide bonds. The molecule has 2 aliphatic rings. The van der Waals surface area contributed by atoms with Crippen molar-refractivity contribution in [1.29, 1.82) is 5.26 Å². The molecule has 1 saturated carbocycles. The molecule has 5 heteroatoms. The number of hydrogen-bond donors (Lipinski definition) is 0. The van der Waals surface area contributed by atoms with Gasteiger partial charge < -0.3 is 4.74 Å². The molecule has 0 aliphatic heterocycles. The SMILES string of the molecule is COc1cc2c(cc1C(C)C)C[C@H](S(=O)(=O)c1ccccc1)[C@H]1C(C)(C)CCC[C@]21C#N. The Morgan fingerprint density at radius 1 is 1.12 bits per heavy atom. The van der Waals surface area contributed by atoms with E-state index in [1.165, 1.54) is 0 Å². The standard InChI is InChI=1S/C27H33NO3S/c1-18(2)21-14-19-15-24(32(29,30)20-10-7-6-8-11-20)25-26(3,4)12-9-13-27(25,17-28)22(19)16-23(21)31-5/h6-8,10-11,14,16,18,24-25H,9,12-13,15H2,1-5H3/t24-,25-,27-/m0/s1. The topological polar surface area (TPSA) is 67.2 Å². The number of nitriles is 1. The molecule has 0 spiro atoms. The molecular weight excluding hydrogens is 418 g/mol. The van der Waals surface area contributed by atoms with E-state index in [1.54, 1.807) is 31.4 Å². The molecule has 4 nitrogen and oxygen atoms in total. The first-order valence-electron chi connectivity index (χ1n) is 11.5. The third-order valence-electron chi connectivity index (χ3n) is 7.79. The lowest BCUT2D eigenvalue weighted by Crippen LogP contribution is -2.57. The minimum Gasteiger partial charge on any atom is -0.496 e. The summed E-state index contributed by atoms with van der Waals surface area (Å²) in [5.41, 5.74) is 1.89. The summed E-state index contributed by atoms with van der Waals surface area (Å²) in [6, 6.07) is 15.5. The van der Waals surface area contributed by atoms with Gasteiger partial charge in [-0.3, -0.25) is 0 Å². The summed E-state index contributed by atoms with van der Waals surface area (Å²) in [5.74, 6) is 0.735.